The van der Waals surface area contributed by atoms with Crippen molar-refractivity contribution in [2.24, 2.45) is 0 Å². The van der Waals surface area contributed by atoms with Crippen molar-refractivity contribution in [3.8, 4) is 0 Å². The first kappa shape index (κ1) is 13.3. The van der Waals surface area contributed by atoms with E-state index >= 15 is 0 Å². The van der Waals surface area contributed by atoms with Crippen LogP contribution in [0.25, 0.3) is 0 Å². The second-order valence-corrected chi connectivity index (χ2v) is 4.53. The summed E-state index contributed by atoms with van der Waals surface area (Å²) in [5.41, 5.74) is 0. The zero-order chi connectivity index (χ0) is 11.6. The first-order valence-electron chi connectivity index (χ1n) is 6.72. The lowest BCUT2D eigenvalue weighted by Gasteiger charge is -2.10. The Morgan fingerprint density at radius 3 is 2.19 bits per heavy atom. The summed E-state index contributed by atoms with van der Waals surface area (Å²) in [5.74, 6) is 0.855. The molecule has 0 N–H and O–H groups in total. The molecule has 0 amide bonds. The third kappa shape index (κ3) is 5.94. The Hall–Kier alpha value is -0.790. The SMILES string of the molecule is CC/C=C1/CCCCCCCCCC(=O)O1. The van der Waals surface area contributed by atoms with E-state index in [1.54, 1.807) is 0 Å². The minimum Gasteiger partial charge on any atom is -0.431 e. The van der Waals surface area contributed by atoms with Crippen LogP contribution in [0.4, 0.5) is 0 Å². The van der Waals surface area contributed by atoms with Gasteiger partial charge in [0.25, 0.3) is 0 Å². The van der Waals surface area contributed by atoms with E-state index in [1.807, 2.05) is 6.08 Å². The molecule has 0 bridgehead atoms. The number of esters is 1. The van der Waals surface area contributed by atoms with Gasteiger partial charge in [-0.05, 0) is 25.3 Å². The van der Waals surface area contributed by atoms with Gasteiger partial charge in [0.15, 0.2) is 0 Å². The third-order valence-electron chi connectivity index (χ3n) is 2.98. The number of allylic oxidation sites excluding steroid dienone is 2. The van der Waals surface area contributed by atoms with Crippen LogP contribution in [0, 0.1) is 0 Å². The Kier molecular flexibility index (Phi) is 6.95. The Balaban J connectivity index is 2.44. The molecule has 0 radical (unpaired) electrons. The fourth-order valence-corrected chi connectivity index (χ4v) is 2.07. The highest BCUT2D eigenvalue weighted by atomic mass is 16.5. The lowest BCUT2D eigenvalue weighted by atomic mass is 10.1. The van der Waals surface area contributed by atoms with E-state index in [4.69, 9.17) is 4.74 Å². The molecular formula is C14H24O2. The summed E-state index contributed by atoms with van der Waals surface area (Å²) in [5, 5.41) is 0. The minimum absolute atomic E-state index is 0.0414. The quantitative estimate of drug-likeness (QED) is 0.619. The van der Waals surface area contributed by atoms with E-state index in [0.717, 1.165) is 31.4 Å². The largest absolute Gasteiger partial charge is 0.431 e. The van der Waals surface area contributed by atoms with Gasteiger partial charge in [-0.15, -0.1) is 0 Å². The molecule has 0 spiro atoms. The number of rotatable bonds is 1. The van der Waals surface area contributed by atoms with Crippen molar-refractivity contribution >= 4 is 5.97 Å². The Labute approximate surface area is 99.1 Å². The highest BCUT2D eigenvalue weighted by molar-refractivity contribution is 5.70. The van der Waals surface area contributed by atoms with Gasteiger partial charge < -0.3 is 4.74 Å². The van der Waals surface area contributed by atoms with Gasteiger partial charge in [-0.3, -0.25) is 4.79 Å². The molecule has 1 aliphatic heterocycles. The van der Waals surface area contributed by atoms with Crippen molar-refractivity contribution < 1.29 is 9.53 Å². The number of hydrogen-bond acceptors (Lipinski definition) is 2. The molecule has 0 atom stereocenters. The average Bonchev–Trinajstić information content (AvgIpc) is 2.25. The second-order valence-electron chi connectivity index (χ2n) is 4.53. The summed E-state index contributed by atoms with van der Waals surface area (Å²) in [7, 11) is 0. The van der Waals surface area contributed by atoms with Crippen LogP contribution in [0.5, 0.6) is 0 Å². The monoisotopic (exact) mass is 224 g/mol. The van der Waals surface area contributed by atoms with Gasteiger partial charge in [0.2, 0.25) is 0 Å². The number of cyclic esters (lactones) is 1. The molecule has 1 aliphatic rings. The van der Waals surface area contributed by atoms with Crippen molar-refractivity contribution in [3.05, 3.63) is 11.8 Å². The maximum Gasteiger partial charge on any atom is 0.310 e. The number of carbonyl (C=O) groups is 1. The molecule has 1 heterocycles. The number of hydrogen-bond donors (Lipinski definition) is 0. The predicted molar refractivity (Wildman–Crippen MR) is 66.0 cm³/mol. The third-order valence-corrected chi connectivity index (χ3v) is 2.98. The Morgan fingerprint density at radius 2 is 1.56 bits per heavy atom. The summed E-state index contributed by atoms with van der Waals surface area (Å²) < 4.78 is 5.39. The lowest BCUT2D eigenvalue weighted by molar-refractivity contribution is -0.139. The fourth-order valence-electron chi connectivity index (χ4n) is 2.07. The lowest BCUT2D eigenvalue weighted by Crippen LogP contribution is -2.05. The van der Waals surface area contributed by atoms with Crippen LogP contribution in [0.2, 0.25) is 0 Å². The maximum atomic E-state index is 11.5. The first-order valence-corrected chi connectivity index (χ1v) is 6.72. The molecule has 0 aliphatic carbocycles. The van der Waals surface area contributed by atoms with Gasteiger partial charge in [0.05, 0.1) is 0 Å². The molecular weight excluding hydrogens is 200 g/mol. The number of ether oxygens (including phenoxy) is 1. The topological polar surface area (TPSA) is 26.3 Å². The molecule has 2 heteroatoms. The van der Waals surface area contributed by atoms with E-state index in [1.165, 1.54) is 32.1 Å². The maximum absolute atomic E-state index is 11.5. The van der Waals surface area contributed by atoms with E-state index in [-0.39, 0.29) is 5.97 Å². The molecule has 0 aromatic carbocycles. The van der Waals surface area contributed by atoms with Crippen molar-refractivity contribution in [1.29, 1.82) is 0 Å². The van der Waals surface area contributed by atoms with Crippen molar-refractivity contribution in [3.63, 3.8) is 0 Å². The summed E-state index contributed by atoms with van der Waals surface area (Å²) in [4.78, 5) is 11.5. The Morgan fingerprint density at radius 1 is 1.00 bits per heavy atom. The molecule has 16 heavy (non-hydrogen) atoms. The highest BCUT2D eigenvalue weighted by Crippen LogP contribution is 2.17. The second kappa shape index (κ2) is 8.37. The predicted octanol–water partition coefficient (Wildman–Crippen LogP) is 4.35. The van der Waals surface area contributed by atoms with E-state index in [2.05, 4.69) is 6.92 Å². The van der Waals surface area contributed by atoms with Crippen molar-refractivity contribution in [1.82, 2.24) is 0 Å². The summed E-state index contributed by atoms with van der Waals surface area (Å²) >= 11 is 0. The molecule has 0 aromatic rings. The summed E-state index contributed by atoms with van der Waals surface area (Å²) in [6.07, 6.45) is 13.0. The van der Waals surface area contributed by atoms with Crippen molar-refractivity contribution in [2.75, 3.05) is 0 Å². The molecule has 1 saturated heterocycles. The van der Waals surface area contributed by atoms with Gasteiger partial charge in [-0.1, -0.05) is 39.0 Å². The zero-order valence-corrected chi connectivity index (χ0v) is 10.5. The number of carbonyl (C=O) groups excluding carboxylic acids is 1. The van der Waals surface area contributed by atoms with Gasteiger partial charge in [-0.2, -0.15) is 0 Å². The van der Waals surface area contributed by atoms with Crippen LogP contribution in [-0.2, 0) is 9.53 Å². The molecule has 1 fully saturated rings. The summed E-state index contributed by atoms with van der Waals surface area (Å²) in [6, 6.07) is 0. The molecule has 0 unspecified atom stereocenters. The van der Waals surface area contributed by atoms with Gasteiger partial charge >= 0.3 is 5.97 Å². The van der Waals surface area contributed by atoms with E-state index < -0.39 is 0 Å². The zero-order valence-electron chi connectivity index (χ0n) is 10.5. The molecule has 92 valence electrons. The standard InChI is InChI=1S/C14H24O2/c1-2-10-13-11-8-6-4-3-5-7-9-12-14(15)16-13/h10H,2-9,11-12H2,1H3/b13-10-. The summed E-state index contributed by atoms with van der Waals surface area (Å²) in [6.45, 7) is 2.08. The fraction of sp³-hybridized carbons (Fsp3) is 0.786. The molecule has 0 saturated carbocycles. The van der Waals surface area contributed by atoms with Crippen LogP contribution in [0.1, 0.15) is 71.1 Å². The van der Waals surface area contributed by atoms with Crippen LogP contribution >= 0.6 is 0 Å². The van der Waals surface area contributed by atoms with Gasteiger partial charge in [0.1, 0.15) is 5.76 Å². The van der Waals surface area contributed by atoms with Crippen LogP contribution in [0.3, 0.4) is 0 Å². The average molecular weight is 224 g/mol. The van der Waals surface area contributed by atoms with E-state index in [0.29, 0.717) is 6.42 Å². The van der Waals surface area contributed by atoms with Crippen LogP contribution < -0.4 is 0 Å². The highest BCUT2D eigenvalue weighted by Gasteiger charge is 2.08. The van der Waals surface area contributed by atoms with Crippen molar-refractivity contribution in [2.45, 2.75) is 71.1 Å². The molecule has 0 aromatic heterocycles. The first-order chi connectivity index (χ1) is 7.83. The normalized spacial score (nSPS) is 23.3. The Bertz CT molecular complexity index is 231. The molecule has 2 nitrogen and oxygen atoms in total. The van der Waals surface area contributed by atoms with Gasteiger partial charge in [0, 0.05) is 12.8 Å². The van der Waals surface area contributed by atoms with E-state index in [9.17, 15) is 4.79 Å². The smallest absolute Gasteiger partial charge is 0.310 e. The minimum atomic E-state index is -0.0414. The van der Waals surface area contributed by atoms with Crippen LogP contribution in [0.15, 0.2) is 11.8 Å². The van der Waals surface area contributed by atoms with Crippen LogP contribution in [-0.4, -0.2) is 5.97 Å². The molecule has 1 rings (SSSR count). The van der Waals surface area contributed by atoms with Gasteiger partial charge in [-0.25, -0.2) is 0 Å².